The first-order chi connectivity index (χ1) is 9.75. The van der Waals surface area contributed by atoms with Gasteiger partial charge in [-0.25, -0.2) is 0 Å². The monoisotopic (exact) mass is 268 g/mol. The van der Waals surface area contributed by atoms with Crippen molar-refractivity contribution in [3.63, 3.8) is 0 Å². The van der Waals surface area contributed by atoms with E-state index in [1.54, 1.807) is 18.2 Å². The van der Waals surface area contributed by atoms with Crippen LogP contribution in [0, 0.1) is 0 Å². The number of ketones is 2. The lowest BCUT2D eigenvalue weighted by atomic mass is 10.0. The van der Waals surface area contributed by atoms with E-state index < -0.39 is 0 Å². The summed E-state index contributed by atoms with van der Waals surface area (Å²) in [5.41, 5.74) is 1.09. The third-order valence-corrected chi connectivity index (χ3v) is 2.68. The molecule has 0 spiro atoms. The fourth-order valence-electron chi connectivity index (χ4n) is 1.72. The number of aromatic nitrogens is 6. The van der Waals surface area contributed by atoms with Crippen LogP contribution in [0.15, 0.2) is 36.7 Å². The van der Waals surface area contributed by atoms with Gasteiger partial charge in [-0.1, -0.05) is 18.2 Å². The smallest absolute Gasteiger partial charge is 0.214 e. The molecule has 2 heterocycles. The van der Waals surface area contributed by atoms with Gasteiger partial charge in [0, 0.05) is 11.1 Å². The quantitative estimate of drug-likeness (QED) is 0.661. The Bertz CT molecular complexity index is 687. The van der Waals surface area contributed by atoms with E-state index in [4.69, 9.17) is 0 Å². The predicted molar refractivity (Wildman–Crippen MR) is 66.1 cm³/mol. The Morgan fingerprint density at radius 1 is 0.850 bits per heavy atom. The minimum atomic E-state index is -0.312. The number of hydrogen-bond acceptors (Lipinski definition) is 6. The molecule has 3 aromatic rings. The van der Waals surface area contributed by atoms with Crippen LogP contribution < -0.4 is 0 Å². The van der Waals surface area contributed by atoms with Crippen LogP contribution >= 0.6 is 0 Å². The highest BCUT2D eigenvalue weighted by Gasteiger charge is 2.16. The molecule has 0 unspecified atom stereocenters. The molecule has 0 radical (unpaired) electrons. The summed E-state index contributed by atoms with van der Waals surface area (Å²) >= 11 is 0. The number of aromatic amines is 2. The molecule has 0 aliphatic rings. The molecule has 20 heavy (non-hydrogen) atoms. The number of rotatable bonds is 4. The summed E-state index contributed by atoms with van der Waals surface area (Å²) in [6, 6.07) is 6.34. The highest BCUT2D eigenvalue weighted by Crippen LogP contribution is 2.12. The maximum Gasteiger partial charge on any atom is 0.214 e. The normalized spacial score (nSPS) is 10.4. The Kier molecular flexibility index (Phi) is 2.88. The van der Waals surface area contributed by atoms with Crippen LogP contribution in [-0.2, 0) is 0 Å². The van der Waals surface area contributed by atoms with E-state index in [0.29, 0.717) is 11.1 Å². The lowest BCUT2D eigenvalue weighted by molar-refractivity contribution is 0.103. The number of carbonyl (C=O) groups excluding carboxylic acids is 2. The van der Waals surface area contributed by atoms with Crippen molar-refractivity contribution in [2.75, 3.05) is 0 Å². The van der Waals surface area contributed by atoms with Crippen LogP contribution in [0.5, 0.6) is 0 Å². The van der Waals surface area contributed by atoms with Crippen molar-refractivity contribution in [3.05, 3.63) is 59.2 Å². The van der Waals surface area contributed by atoms with Crippen molar-refractivity contribution in [1.29, 1.82) is 0 Å². The summed E-state index contributed by atoms with van der Waals surface area (Å²) in [6.07, 6.45) is 2.66. The predicted octanol–water partition coefficient (Wildman–Crippen LogP) is 0.385. The average molecular weight is 268 g/mol. The van der Waals surface area contributed by atoms with Crippen molar-refractivity contribution in [3.8, 4) is 0 Å². The van der Waals surface area contributed by atoms with Gasteiger partial charge in [-0.15, -0.1) is 0 Å². The van der Waals surface area contributed by atoms with E-state index >= 15 is 0 Å². The van der Waals surface area contributed by atoms with Crippen LogP contribution in [0.2, 0.25) is 0 Å². The van der Waals surface area contributed by atoms with E-state index in [1.807, 2.05) is 0 Å². The van der Waals surface area contributed by atoms with Gasteiger partial charge in [-0.3, -0.25) is 9.59 Å². The van der Waals surface area contributed by atoms with E-state index in [9.17, 15) is 9.59 Å². The fourth-order valence-corrected chi connectivity index (χ4v) is 1.72. The lowest BCUT2D eigenvalue weighted by Gasteiger charge is -2.01. The van der Waals surface area contributed by atoms with E-state index in [0.717, 1.165) is 0 Å². The van der Waals surface area contributed by atoms with E-state index in [2.05, 4.69) is 30.8 Å². The molecule has 2 aromatic heterocycles. The standard InChI is InChI=1S/C12H8N6O2/c19-11(9-5-13-17-15-9)7-2-1-3-8(4-7)12(20)10-6-14-18-16-10/h1-6H,(H,13,15,17)(H,14,16,18). The maximum absolute atomic E-state index is 12.1. The fraction of sp³-hybridized carbons (Fsp3) is 0. The zero-order valence-electron chi connectivity index (χ0n) is 10.1. The van der Waals surface area contributed by atoms with Crippen molar-refractivity contribution in [2.45, 2.75) is 0 Å². The summed E-state index contributed by atoms with van der Waals surface area (Å²) in [5, 5.41) is 19.3. The van der Waals surface area contributed by atoms with Gasteiger partial charge in [0.15, 0.2) is 11.4 Å². The SMILES string of the molecule is O=C(c1cccc(C(=O)c2cn[nH]n2)c1)c1cn[nH]n1. The highest BCUT2D eigenvalue weighted by molar-refractivity contribution is 6.11. The zero-order valence-corrected chi connectivity index (χ0v) is 10.1. The van der Waals surface area contributed by atoms with Crippen LogP contribution in [0.4, 0.5) is 0 Å². The van der Waals surface area contributed by atoms with Gasteiger partial charge in [0.2, 0.25) is 11.6 Å². The Morgan fingerprint density at radius 3 is 1.75 bits per heavy atom. The van der Waals surface area contributed by atoms with Gasteiger partial charge in [-0.2, -0.15) is 30.8 Å². The van der Waals surface area contributed by atoms with Crippen LogP contribution in [0.1, 0.15) is 32.1 Å². The summed E-state index contributed by atoms with van der Waals surface area (Å²) in [7, 11) is 0. The Labute approximate surface area is 112 Å². The molecule has 1 aromatic carbocycles. The van der Waals surface area contributed by atoms with Gasteiger partial charge in [0.1, 0.15) is 0 Å². The molecule has 2 N–H and O–H groups in total. The molecule has 8 heteroatoms. The van der Waals surface area contributed by atoms with Gasteiger partial charge in [0.05, 0.1) is 12.4 Å². The highest BCUT2D eigenvalue weighted by atomic mass is 16.1. The molecule has 0 amide bonds. The molecule has 98 valence electrons. The molecule has 0 atom stereocenters. The summed E-state index contributed by atoms with van der Waals surface area (Å²) in [6.45, 7) is 0. The number of nitrogens with one attached hydrogen (secondary N) is 2. The van der Waals surface area contributed by atoms with Gasteiger partial charge in [-0.05, 0) is 6.07 Å². The van der Waals surface area contributed by atoms with Gasteiger partial charge >= 0.3 is 0 Å². The largest absolute Gasteiger partial charge is 0.287 e. The Balaban J connectivity index is 1.94. The summed E-state index contributed by atoms with van der Waals surface area (Å²) < 4.78 is 0. The summed E-state index contributed by atoms with van der Waals surface area (Å²) in [4.78, 5) is 24.2. The molecule has 3 rings (SSSR count). The third kappa shape index (κ3) is 2.09. The number of carbonyl (C=O) groups is 2. The van der Waals surface area contributed by atoms with Crippen LogP contribution in [0.3, 0.4) is 0 Å². The molecule has 8 nitrogen and oxygen atoms in total. The molecule has 0 saturated carbocycles. The second-order valence-corrected chi connectivity index (χ2v) is 3.95. The number of benzene rings is 1. The molecule has 0 saturated heterocycles. The van der Waals surface area contributed by atoms with Crippen molar-refractivity contribution < 1.29 is 9.59 Å². The minimum Gasteiger partial charge on any atom is -0.287 e. The van der Waals surface area contributed by atoms with Crippen molar-refractivity contribution in [1.82, 2.24) is 30.8 Å². The van der Waals surface area contributed by atoms with E-state index in [-0.39, 0.29) is 23.0 Å². The topological polar surface area (TPSA) is 117 Å². The number of H-pyrrole nitrogens is 2. The first-order valence-electron chi connectivity index (χ1n) is 5.67. The molecular formula is C12H8N6O2. The second kappa shape index (κ2) is 4.84. The van der Waals surface area contributed by atoms with Crippen molar-refractivity contribution in [2.24, 2.45) is 0 Å². The maximum atomic E-state index is 12.1. The molecule has 0 aliphatic carbocycles. The third-order valence-electron chi connectivity index (χ3n) is 2.68. The lowest BCUT2D eigenvalue weighted by Crippen LogP contribution is -2.06. The Morgan fingerprint density at radius 2 is 1.35 bits per heavy atom. The molecule has 0 bridgehead atoms. The van der Waals surface area contributed by atoms with Crippen molar-refractivity contribution >= 4 is 11.6 Å². The number of nitrogens with zero attached hydrogens (tertiary/aromatic N) is 4. The molecule has 0 fully saturated rings. The average Bonchev–Trinajstić information content (AvgIpc) is 3.18. The molecule has 0 aliphatic heterocycles. The van der Waals surface area contributed by atoms with Crippen LogP contribution in [0.25, 0.3) is 0 Å². The van der Waals surface area contributed by atoms with Gasteiger partial charge < -0.3 is 0 Å². The zero-order chi connectivity index (χ0) is 13.9. The first-order valence-corrected chi connectivity index (χ1v) is 5.67. The van der Waals surface area contributed by atoms with E-state index in [1.165, 1.54) is 18.5 Å². The second-order valence-electron chi connectivity index (χ2n) is 3.95. The first kappa shape index (κ1) is 11.9. The van der Waals surface area contributed by atoms with Gasteiger partial charge in [0.25, 0.3) is 0 Å². The van der Waals surface area contributed by atoms with Crippen LogP contribution in [-0.4, -0.2) is 42.4 Å². The molecular weight excluding hydrogens is 260 g/mol. The Hall–Kier alpha value is -3.16. The number of hydrogen-bond donors (Lipinski definition) is 2. The minimum absolute atomic E-state index is 0.191. The summed E-state index contributed by atoms with van der Waals surface area (Å²) in [5.74, 6) is -0.623.